The lowest BCUT2D eigenvalue weighted by Crippen LogP contribution is -2.42. The molecule has 0 N–H and O–H groups in total. The van der Waals surface area contributed by atoms with Gasteiger partial charge in [0.15, 0.2) is 9.04 Å². The topological polar surface area (TPSA) is 74.3 Å². The molecule has 1 heterocycles. The monoisotopic (exact) mass is 517 g/mol. The molecule has 0 radical (unpaired) electrons. The number of methoxy groups -OCH3 is 3. The second-order valence-electron chi connectivity index (χ2n) is 10.6. The summed E-state index contributed by atoms with van der Waals surface area (Å²) in [5.41, 5.74) is 0.828. The molecular formula is C28H43NO6Si. The Kier molecular flexibility index (Phi) is 11.3. The highest BCUT2D eigenvalue weighted by molar-refractivity contribution is 6.48. The van der Waals surface area contributed by atoms with Gasteiger partial charge in [-0.2, -0.15) is 0 Å². The van der Waals surface area contributed by atoms with E-state index in [4.69, 9.17) is 13.9 Å². The number of amides is 1. The minimum absolute atomic E-state index is 0.0398. The molecule has 1 saturated heterocycles. The van der Waals surface area contributed by atoms with Gasteiger partial charge in [-0.05, 0) is 37.1 Å². The van der Waals surface area contributed by atoms with Crippen LogP contribution in [0.5, 0.6) is 11.5 Å². The number of hydrogen-bond donors (Lipinski definition) is 0. The minimum Gasteiger partial charge on any atom is -0.497 e. The number of esters is 1. The van der Waals surface area contributed by atoms with Crippen molar-refractivity contribution in [1.29, 1.82) is 0 Å². The first-order chi connectivity index (χ1) is 17.0. The maximum atomic E-state index is 13.7. The molecule has 3 unspecified atom stereocenters. The Hall–Kier alpha value is -2.50. The van der Waals surface area contributed by atoms with Crippen LogP contribution in [0.25, 0.3) is 0 Å². The summed E-state index contributed by atoms with van der Waals surface area (Å²) in [6.07, 6.45) is 2.05. The van der Waals surface area contributed by atoms with E-state index in [1.165, 1.54) is 7.11 Å². The third-order valence-electron chi connectivity index (χ3n) is 6.45. The standard InChI is InChI=1S/C28H43NO6Si/c1-28(2,3)26(35-36(7)8)23-19-29(18-20-15-16-21(32-4)17-24(20)33-5)27(31)22(23)13-11-9-10-12-14-25(30)34-6/h15-17,22-23,26,36H,10,12-14,18-19H2,1-8H3. The van der Waals surface area contributed by atoms with Crippen molar-refractivity contribution >= 4 is 20.9 Å². The maximum Gasteiger partial charge on any atom is 0.305 e. The molecule has 1 fully saturated rings. The number of likely N-dealkylation sites (tertiary alicyclic amines) is 1. The van der Waals surface area contributed by atoms with Crippen LogP contribution in [0.4, 0.5) is 0 Å². The number of carbonyl (C=O) groups is 2. The number of ether oxygens (including phenoxy) is 3. The fourth-order valence-electron chi connectivity index (χ4n) is 4.70. The summed E-state index contributed by atoms with van der Waals surface area (Å²) in [6, 6.07) is 5.68. The summed E-state index contributed by atoms with van der Waals surface area (Å²) in [6.45, 7) is 12.0. The van der Waals surface area contributed by atoms with Crippen molar-refractivity contribution in [3.05, 3.63) is 23.8 Å². The summed E-state index contributed by atoms with van der Waals surface area (Å²) in [5, 5.41) is 0. The molecule has 2 rings (SSSR count). The van der Waals surface area contributed by atoms with Crippen LogP contribution in [-0.2, 0) is 25.3 Å². The second kappa shape index (κ2) is 13.7. The molecule has 1 aliphatic rings. The summed E-state index contributed by atoms with van der Waals surface area (Å²) in [4.78, 5) is 26.9. The van der Waals surface area contributed by atoms with Crippen molar-refractivity contribution in [2.45, 2.75) is 72.2 Å². The van der Waals surface area contributed by atoms with Gasteiger partial charge in [0.2, 0.25) is 5.91 Å². The molecule has 0 aromatic heterocycles. The summed E-state index contributed by atoms with van der Waals surface area (Å²) < 4.78 is 22.1. The Morgan fingerprint density at radius 3 is 2.47 bits per heavy atom. The normalized spacial score (nSPS) is 18.6. The molecule has 0 spiro atoms. The lowest BCUT2D eigenvalue weighted by atomic mass is 9.76. The molecule has 0 saturated carbocycles. The van der Waals surface area contributed by atoms with Crippen molar-refractivity contribution in [2.75, 3.05) is 27.9 Å². The number of hydrogen-bond acceptors (Lipinski definition) is 6. The van der Waals surface area contributed by atoms with Gasteiger partial charge >= 0.3 is 5.97 Å². The molecular weight excluding hydrogens is 474 g/mol. The van der Waals surface area contributed by atoms with Crippen LogP contribution in [0.2, 0.25) is 13.1 Å². The fraction of sp³-hybridized carbons (Fsp3) is 0.643. The van der Waals surface area contributed by atoms with Gasteiger partial charge < -0.3 is 23.5 Å². The van der Waals surface area contributed by atoms with Gasteiger partial charge in [0, 0.05) is 49.9 Å². The average molecular weight is 518 g/mol. The van der Waals surface area contributed by atoms with E-state index in [1.54, 1.807) is 14.2 Å². The van der Waals surface area contributed by atoms with Gasteiger partial charge in [-0.1, -0.05) is 20.8 Å². The molecule has 0 bridgehead atoms. The predicted molar refractivity (Wildman–Crippen MR) is 143 cm³/mol. The molecule has 7 nitrogen and oxygen atoms in total. The third-order valence-corrected chi connectivity index (χ3v) is 7.29. The van der Waals surface area contributed by atoms with E-state index in [0.717, 1.165) is 5.56 Å². The Labute approximate surface area is 218 Å². The van der Waals surface area contributed by atoms with E-state index in [1.807, 2.05) is 23.1 Å². The number of nitrogens with zero attached hydrogens (tertiary/aromatic N) is 1. The van der Waals surface area contributed by atoms with Crippen molar-refractivity contribution in [1.82, 2.24) is 4.90 Å². The Balaban J connectivity index is 2.26. The quantitative estimate of drug-likeness (QED) is 0.187. The molecule has 36 heavy (non-hydrogen) atoms. The zero-order valence-corrected chi connectivity index (χ0v) is 24.3. The van der Waals surface area contributed by atoms with Crippen LogP contribution in [-0.4, -0.2) is 59.8 Å². The number of carbonyl (C=O) groups excluding carboxylic acids is 2. The van der Waals surface area contributed by atoms with Crippen LogP contribution < -0.4 is 9.47 Å². The first-order valence-corrected chi connectivity index (χ1v) is 15.5. The number of rotatable bonds is 11. The van der Waals surface area contributed by atoms with E-state index in [-0.39, 0.29) is 35.2 Å². The number of unbranched alkanes of at least 4 members (excludes halogenated alkanes) is 1. The molecule has 1 amide bonds. The zero-order valence-electron chi connectivity index (χ0n) is 23.2. The lowest BCUT2D eigenvalue weighted by molar-refractivity contribution is -0.140. The van der Waals surface area contributed by atoms with E-state index < -0.39 is 9.04 Å². The van der Waals surface area contributed by atoms with Gasteiger partial charge in [0.25, 0.3) is 0 Å². The molecule has 1 aromatic carbocycles. The Morgan fingerprint density at radius 1 is 1.17 bits per heavy atom. The smallest absolute Gasteiger partial charge is 0.305 e. The summed E-state index contributed by atoms with van der Waals surface area (Å²) >= 11 is 0. The van der Waals surface area contributed by atoms with Crippen LogP contribution in [0.15, 0.2) is 18.2 Å². The van der Waals surface area contributed by atoms with Gasteiger partial charge in [-0.3, -0.25) is 9.59 Å². The van der Waals surface area contributed by atoms with Crippen molar-refractivity contribution in [3.63, 3.8) is 0 Å². The summed E-state index contributed by atoms with van der Waals surface area (Å²) in [5.74, 6) is 7.47. The largest absolute Gasteiger partial charge is 0.497 e. The van der Waals surface area contributed by atoms with Crippen LogP contribution in [0.3, 0.4) is 0 Å². The molecule has 1 aromatic rings. The lowest BCUT2D eigenvalue weighted by Gasteiger charge is -2.38. The molecule has 200 valence electrons. The molecule has 0 aliphatic carbocycles. The van der Waals surface area contributed by atoms with E-state index in [9.17, 15) is 9.59 Å². The van der Waals surface area contributed by atoms with Crippen molar-refractivity contribution in [2.24, 2.45) is 17.3 Å². The fourth-order valence-corrected chi connectivity index (χ4v) is 5.90. The van der Waals surface area contributed by atoms with Crippen LogP contribution in [0.1, 0.15) is 52.0 Å². The highest BCUT2D eigenvalue weighted by Crippen LogP contribution is 2.40. The van der Waals surface area contributed by atoms with Gasteiger partial charge in [0.05, 0.1) is 33.4 Å². The molecule has 1 aliphatic heterocycles. The SMILES string of the molecule is COC(=O)CCCC#CCC1C(=O)N(Cc2ccc(OC)cc2OC)CC1C(O[SiH](C)C)C(C)(C)C. The Morgan fingerprint density at radius 2 is 1.89 bits per heavy atom. The number of benzene rings is 1. The zero-order chi connectivity index (χ0) is 26.9. The summed E-state index contributed by atoms with van der Waals surface area (Å²) in [7, 11) is 3.29. The van der Waals surface area contributed by atoms with Crippen molar-refractivity contribution < 1.29 is 28.2 Å². The van der Waals surface area contributed by atoms with E-state index in [2.05, 4.69) is 50.4 Å². The third kappa shape index (κ3) is 8.28. The highest BCUT2D eigenvalue weighted by Gasteiger charge is 2.47. The van der Waals surface area contributed by atoms with Gasteiger partial charge in [-0.25, -0.2) is 0 Å². The predicted octanol–water partition coefficient (Wildman–Crippen LogP) is 4.43. The van der Waals surface area contributed by atoms with Gasteiger partial charge in [-0.15, -0.1) is 11.8 Å². The Bertz CT molecular complexity index is 946. The average Bonchev–Trinajstić information content (AvgIpc) is 3.13. The highest BCUT2D eigenvalue weighted by atomic mass is 28.3. The van der Waals surface area contributed by atoms with E-state index >= 15 is 0 Å². The van der Waals surface area contributed by atoms with E-state index in [0.29, 0.717) is 50.3 Å². The second-order valence-corrected chi connectivity index (χ2v) is 13.0. The van der Waals surface area contributed by atoms with Crippen molar-refractivity contribution in [3.8, 4) is 23.3 Å². The first kappa shape index (κ1) is 29.7. The molecule has 3 atom stereocenters. The minimum atomic E-state index is -1.34. The maximum absolute atomic E-state index is 13.7. The van der Waals surface area contributed by atoms with Crippen LogP contribution >= 0.6 is 0 Å². The van der Waals surface area contributed by atoms with Gasteiger partial charge in [0.1, 0.15) is 11.5 Å². The van der Waals surface area contributed by atoms with Crippen LogP contribution in [0, 0.1) is 29.1 Å². The molecule has 8 heteroatoms. The first-order valence-electron chi connectivity index (χ1n) is 12.7.